The molecule has 1 aliphatic rings. The lowest BCUT2D eigenvalue weighted by Crippen LogP contribution is -2.39. The molecule has 2 aromatic rings. The largest absolute Gasteiger partial charge is 0.481 e. The summed E-state index contributed by atoms with van der Waals surface area (Å²) in [6.45, 7) is 6.15. The highest BCUT2D eigenvalue weighted by molar-refractivity contribution is 5.81. The highest BCUT2D eigenvalue weighted by Crippen LogP contribution is 2.25. The van der Waals surface area contributed by atoms with Crippen molar-refractivity contribution in [3.8, 4) is 5.75 Å². The summed E-state index contributed by atoms with van der Waals surface area (Å²) in [7, 11) is 0. The Balaban J connectivity index is 1.63. The molecular formula is C24H31NO2. The molecule has 1 aliphatic carbocycles. The van der Waals surface area contributed by atoms with Gasteiger partial charge in [0.1, 0.15) is 5.75 Å². The standard InChI is InChI=1S/C24H31NO2/c1-4-18-10-14-22(15-11-18)27-23(5-2)24(26)25-17(3)20-13-12-19-8-6-7-9-21(19)16-20/h10-17,23H,4-9H2,1-3H3,(H,25,26). The van der Waals surface area contributed by atoms with E-state index in [9.17, 15) is 4.79 Å². The molecule has 0 radical (unpaired) electrons. The van der Waals surface area contributed by atoms with Crippen molar-refractivity contribution >= 4 is 5.91 Å². The van der Waals surface area contributed by atoms with Crippen molar-refractivity contribution in [3.05, 3.63) is 64.7 Å². The summed E-state index contributed by atoms with van der Waals surface area (Å²) in [5, 5.41) is 3.13. The van der Waals surface area contributed by atoms with Crippen molar-refractivity contribution in [1.29, 1.82) is 0 Å². The van der Waals surface area contributed by atoms with Crippen molar-refractivity contribution in [1.82, 2.24) is 5.32 Å². The van der Waals surface area contributed by atoms with Crippen LogP contribution in [0.25, 0.3) is 0 Å². The van der Waals surface area contributed by atoms with Gasteiger partial charge >= 0.3 is 0 Å². The fraction of sp³-hybridized carbons (Fsp3) is 0.458. The van der Waals surface area contributed by atoms with Crippen LogP contribution in [0, 0.1) is 0 Å². The molecule has 0 fully saturated rings. The van der Waals surface area contributed by atoms with Crippen LogP contribution in [-0.2, 0) is 24.1 Å². The number of fused-ring (bicyclic) bond motifs is 1. The molecule has 144 valence electrons. The van der Waals surface area contributed by atoms with Crippen molar-refractivity contribution in [2.24, 2.45) is 0 Å². The number of hydrogen-bond donors (Lipinski definition) is 1. The summed E-state index contributed by atoms with van der Waals surface area (Å²) in [6.07, 6.45) is 6.04. The summed E-state index contributed by atoms with van der Waals surface area (Å²) < 4.78 is 5.94. The van der Waals surface area contributed by atoms with Gasteiger partial charge in [-0.2, -0.15) is 0 Å². The first-order valence-corrected chi connectivity index (χ1v) is 10.3. The molecule has 0 bridgehead atoms. The monoisotopic (exact) mass is 365 g/mol. The van der Waals surface area contributed by atoms with E-state index in [4.69, 9.17) is 4.74 Å². The Morgan fingerprint density at radius 2 is 1.74 bits per heavy atom. The summed E-state index contributed by atoms with van der Waals surface area (Å²) in [5.41, 5.74) is 5.35. The summed E-state index contributed by atoms with van der Waals surface area (Å²) in [4.78, 5) is 12.7. The summed E-state index contributed by atoms with van der Waals surface area (Å²) in [6, 6.07) is 14.6. The van der Waals surface area contributed by atoms with Crippen LogP contribution < -0.4 is 10.1 Å². The van der Waals surface area contributed by atoms with Gasteiger partial charge in [-0.1, -0.05) is 44.2 Å². The zero-order chi connectivity index (χ0) is 19.2. The van der Waals surface area contributed by atoms with Gasteiger partial charge in [-0.25, -0.2) is 0 Å². The number of benzene rings is 2. The van der Waals surface area contributed by atoms with Gasteiger partial charge < -0.3 is 10.1 Å². The van der Waals surface area contributed by atoms with E-state index in [1.165, 1.54) is 41.5 Å². The third-order valence-electron chi connectivity index (χ3n) is 5.50. The second-order valence-electron chi connectivity index (χ2n) is 7.48. The molecule has 0 saturated heterocycles. The fourth-order valence-electron chi connectivity index (χ4n) is 3.70. The molecule has 0 saturated carbocycles. The Bertz CT molecular complexity index is 766. The van der Waals surface area contributed by atoms with Crippen LogP contribution >= 0.6 is 0 Å². The van der Waals surface area contributed by atoms with E-state index in [0.29, 0.717) is 6.42 Å². The van der Waals surface area contributed by atoms with Crippen LogP contribution in [0.5, 0.6) is 5.75 Å². The van der Waals surface area contributed by atoms with Crippen molar-refractivity contribution in [2.75, 3.05) is 0 Å². The van der Waals surface area contributed by atoms with E-state index >= 15 is 0 Å². The number of carbonyl (C=O) groups excluding carboxylic acids is 1. The highest BCUT2D eigenvalue weighted by Gasteiger charge is 2.21. The normalized spacial score (nSPS) is 15.5. The van der Waals surface area contributed by atoms with Crippen LogP contribution in [-0.4, -0.2) is 12.0 Å². The minimum atomic E-state index is -0.474. The molecule has 0 heterocycles. The smallest absolute Gasteiger partial charge is 0.261 e. The molecule has 2 aromatic carbocycles. The fourth-order valence-corrected chi connectivity index (χ4v) is 3.70. The molecule has 2 unspecified atom stereocenters. The van der Waals surface area contributed by atoms with Gasteiger partial charge in [0.05, 0.1) is 6.04 Å². The Labute approximate surface area is 163 Å². The SMILES string of the molecule is CCc1ccc(OC(CC)C(=O)NC(C)c2ccc3c(c2)CCCC3)cc1. The first-order valence-electron chi connectivity index (χ1n) is 10.3. The van der Waals surface area contributed by atoms with Crippen molar-refractivity contribution < 1.29 is 9.53 Å². The predicted molar refractivity (Wildman–Crippen MR) is 110 cm³/mol. The van der Waals surface area contributed by atoms with Gasteiger partial charge in [0.15, 0.2) is 6.10 Å². The van der Waals surface area contributed by atoms with Crippen LogP contribution in [0.3, 0.4) is 0 Å². The molecule has 1 amide bonds. The Morgan fingerprint density at radius 3 is 2.41 bits per heavy atom. The minimum absolute atomic E-state index is 0.0233. The topological polar surface area (TPSA) is 38.3 Å². The average Bonchev–Trinajstić information content (AvgIpc) is 2.71. The van der Waals surface area contributed by atoms with E-state index in [1.54, 1.807) is 0 Å². The molecule has 27 heavy (non-hydrogen) atoms. The minimum Gasteiger partial charge on any atom is -0.481 e. The zero-order valence-electron chi connectivity index (χ0n) is 16.8. The van der Waals surface area contributed by atoms with E-state index in [2.05, 4.69) is 42.6 Å². The molecule has 3 rings (SSSR count). The summed E-state index contributed by atoms with van der Waals surface area (Å²) >= 11 is 0. The zero-order valence-corrected chi connectivity index (χ0v) is 16.8. The van der Waals surface area contributed by atoms with E-state index in [1.807, 2.05) is 26.0 Å². The van der Waals surface area contributed by atoms with Crippen molar-refractivity contribution in [3.63, 3.8) is 0 Å². The first kappa shape index (κ1) is 19.5. The number of carbonyl (C=O) groups is 1. The lowest BCUT2D eigenvalue weighted by atomic mass is 9.89. The molecule has 3 heteroatoms. The summed E-state index contributed by atoms with van der Waals surface area (Å²) in [5.74, 6) is 0.693. The van der Waals surface area contributed by atoms with E-state index in [-0.39, 0.29) is 11.9 Å². The van der Waals surface area contributed by atoms with Gasteiger partial charge in [0.2, 0.25) is 0 Å². The predicted octanol–water partition coefficient (Wildman–Crippen LogP) is 5.16. The number of nitrogens with one attached hydrogen (secondary N) is 1. The maximum atomic E-state index is 12.7. The molecule has 1 N–H and O–H groups in total. The molecule has 0 aliphatic heterocycles. The lowest BCUT2D eigenvalue weighted by Gasteiger charge is -2.23. The second kappa shape index (κ2) is 9.07. The maximum Gasteiger partial charge on any atom is 0.261 e. The number of hydrogen-bond acceptors (Lipinski definition) is 2. The Hall–Kier alpha value is -2.29. The number of ether oxygens (including phenoxy) is 1. The molecule has 2 atom stereocenters. The second-order valence-corrected chi connectivity index (χ2v) is 7.48. The van der Waals surface area contributed by atoms with Crippen LogP contribution in [0.15, 0.2) is 42.5 Å². The third kappa shape index (κ3) is 4.91. The number of amides is 1. The third-order valence-corrected chi connectivity index (χ3v) is 5.50. The van der Waals surface area contributed by atoms with E-state index < -0.39 is 6.10 Å². The Morgan fingerprint density at radius 1 is 1.04 bits per heavy atom. The maximum absolute atomic E-state index is 12.7. The quantitative estimate of drug-likeness (QED) is 0.736. The van der Waals surface area contributed by atoms with Crippen LogP contribution in [0.4, 0.5) is 0 Å². The average molecular weight is 366 g/mol. The molecular weight excluding hydrogens is 334 g/mol. The van der Waals surface area contributed by atoms with Gasteiger partial charge in [-0.05, 0) is 79.8 Å². The molecule has 0 aromatic heterocycles. The van der Waals surface area contributed by atoms with Gasteiger partial charge in [-0.15, -0.1) is 0 Å². The highest BCUT2D eigenvalue weighted by atomic mass is 16.5. The van der Waals surface area contributed by atoms with Crippen molar-refractivity contribution in [2.45, 2.75) is 71.4 Å². The number of aryl methyl sites for hydroxylation is 3. The molecule has 3 nitrogen and oxygen atoms in total. The molecule has 0 spiro atoms. The van der Waals surface area contributed by atoms with Gasteiger partial charge in [0, 0.05) is 0 Å². The Kier molecular flexibility index (Phi) is 6.54. The van der Waals surface area contributed by atoms with Gasteiger partial charge in [-0.3, -0.25) is 4.79 Å². The number of rotatable bonds is 7. The van der Waals surface area contributed by atoms with Gasteiger partial charge in [0.25, 0.3) is 5.91 Å². The van der Waals surface area contributed by atoms with Crippen LogP contribution in [0.2, 0.25) is 0 Å². The van der Waals surface area contributed by atoms with Crippen LogP contribution in [0.1, 0.15) is 68.3 Å². The lowest BCUT2D eigenvalue weighted by molar-refractivity contribution is -0.128. The van der Waals surface area contributed by atoms with E-state index in [0.717, 1.165) is 18.6 Å². The first-order chi connectivity index (χ1) is 13.1.